The van der Waals surface area contributed by atoms with E-state index in [2.05, 4.69) is 15.0 Å². The van der Waals surface area contributed by atoms with Crippen LogP contribution in [0.5, 0.6) is 0 Å². The summed E-state index contributed by atoms with van der Waals surface area (Å²) in [5, 5.41) is 0. The molecule has 0 aliphatic heterocycles. The second-order valence-electron chi connectivity index (χ2n) is 6.55. The molecule has 0 radical (unpaired) electrons. The predicted octanol–water partition coefficient (Wildman–Crippen LogP) is 3.67. The monoisotopic (exact) mass is 355 g/mol. The van der Waals surface area contributed by atoms with Gasteiger partial charge in [-0.05, 0) is 38.1 Å². The average molecular weight is 355 g/mol. The molecule has 27 heavy (non-hydrogen) atoms. The molecule has 0 bridgehead atoms. The molecule has 5 rings (SSSR count). The number of rotatable bonds is 2. The highest BCUT2D eigenvalue weighted by Gasteiger charge is 2.14. The van der Waals surface area contributed by atoms with Gasteiger partial charge in [0.2, 0.25) is 0 Å². The van der Waals surface area contributed by atoms with Crippen molar-refractivity contribution in [2.24, 2.45) is 0 Å². The molecule has 5 aromatic rings. The minimum absolute atomic E-state index is 0.0758. The van der Waals surface area contributed by atoms with Crippen molar-refractivity contribution in [1.29, 1.82) is 0 Å². The van der Waals surface area contributed by atoms with Crippen LogP contribution in [0.1, 0.15) is 11.6 Å². The van der Waals surface area contributed by atoms with Crippen LogP contribution in [0.3, 0.4) is 0 Å². The molecule has 3 heterocycles. The molecule has 0 fully saturated rings. The lowest BCUT2D eigenvalue weighted by molar-refractivity contribution is 0.905. The maximum absolute atomic E-state index is 12.5. The largest absolute Gasteiger partial charge is 0.327 e. The van der Waals surface area contributed by atoms with E-state index in [0.717, 1.165) is 33.7 Å². The van der Waals surface area contributed by atoms with E-state index in [1.165, 1.54) is 0 Å². The molecule has 0 unspecified atom stereocenters. The molecule has 1 N–H and O–H groups in total. The number of H-pyrrole nitrogens is 1. The highest BCUT2D eigenvalue weighted by atomic mass is 16.1. The van der Waals surface area contributed by atoms with Crippen LogP contribution in [0.2, 0.25) is 0 Å². The summed E-state index contributed by atoms with van der Waals surface area (Å²) < 4.78 is 3.93. The van der Waals surface area contributed by atoms with Crippen LogP contribution in [0.4, 0.5) is 0 Å². The summed E-state index contributed by atoms with van der Waals surface area (Å²) in [4.78, 5) is 25.1. The lowest BCUT2D eigenvalue weighted by atomic mass is 10.3. The molecule has 6 nitrogen and oxygen atoms in total. The second kappa shape index (κ2) is 5.67. The van der Waals surface area contributed by atoms with Gasteiger partial charge in [0.15, 0.2) is 5.43 Å². The normalized spacial score (nSPS) is 11.5. The Kier molecular flexibility index (Phi) is 3.27. The number of fused-ring (bicyclic) bond motifs is 2. The minimum Gasteiger partial charge on any atom is -0.327 e. The molecule has 0 amide bonds. The SMILES string of the molecule is Cc1nc2ccccc2n1-c1cc(=O)cc(-n2c(C)nc3ccccc32)[nH]1. The fourth-order valence-electron chi connectivity index (χ4n) is 3.66. The molecule has 0 spiro atoms. The van der Waals surface area contributed by atoms with Gasteiger partial charge in [0.05, 0.1) is 22.1 Å². The number of aromatic nitrogens is 5. The number of benzene rings is 2. The van der Waals surface area contributed by atoms with Gasteiger partial charge in [-0.25, -0.2) is 9.97 Å². The second-order valence-corrected chi connectivity index (χ2v) is 6.55. The van der Waals surface area contributed by atoms with Crippen molar-refractivity contribution >= 4 is 22.1 Å². The topological polar surface area (TPSA) is 68.5 Å². The van der Waals surface area contributed by atoms with Gasteiger partial charge in [-0.2, -0.15) is 0 Å². The summed E-state index contributed by atoms with van der Waals surface area (Å²) in [6.07, 6.45) is 0. The number of nitrogens with one attached hydrogen (secondary N) is 1. The molecule has 0 saturated heterocycles. The smallest absolute Gasteiger partial charge is 0.185 e. The molecule has 0 aliphatic rings. The highest BCUT2D eigenvalue weighted by molar-refractivity contribution is 5.79. The fourth-order valence-corrected chi connectivity index (χ4v) is 3.66. The Morgan fingerprint density at radius 1 is 0.741 bits per heavy atom. The Morgan fingerprint density at radius 3 is 1.67 bits per heavy atom. The Morgan fingerprint density at radius 2 is 1.19 bits per heavy atom. The van der Waals surface area contributed by atoms with Gasteiger partial charge in [0, 0.05) is 12.1 Å². The van der Waals surface area contributed by atoms with E-state index in [0.29, 0.717) is 11.6 Å². The summed E-state index contributed by atoms with van der Waals surface area (Å²) in [6, 6.07) is 19.0. The zero-order chi connectivity index (χ0) is 18.5. The number of aryl methyl sites for hydroxylation is 2. The summed E-state index contributed by atoms with van der Waals surface area (Å²) in [5.41, 5.74) is 3.62. The molecule has 6 heteroatoms. The summed E-state index contributed by atoms with van der Waals surface area (Å²) in [7, 11) is 0. The van der Waals surface area contributed by atoms with Crippen LogP contribution in [-0.4, -0.2) is 24.1 Å². The third kappa shape index (κ3) is 2.38. The van der Waals surface area contributed by atoms with Gasteiger partial charge < -0.3 is 4.98 Å². The molecule has 2 aromatic carbocycles. The van der Waals surface area contributed by atoms with E-state index in [9.17, 15) is 4.79 Å². The van der Waals surface area contributed by atoms with Crippen molar-refractivity contribution in [3.8, 4) is 11.6 Å². The molecule has 3 aromatic heterocycles. The van der Waals surface area contributed by atoms with Crippen molar-refractivity contribution in [2.45, 2.75) is 13.8 Å². The van der Waals surface area contributed by atoms with Crippen LogP contribution >= 0.6 is 0 Å². The first kappa shape index (κ1) is 15.6. The number of pyridine rings is 1. The first-order valence-electron chi connectivity index (χ1n) is 8.75. The Bertz CT molecular complexity index is 1270. The molecule has 0 saturated carbocycles. The Balaban J connectivity index is 1.80. The Labute approximate surface area is 154 Å². The van der Waals surface area contributed by atoms with Crippen molar-refractivity contribution in [2.75, 3.05) is 0 Å². The Hall–Kier alpha value is -3.67. The number of para-hydroxylation sites is 4. The summed E-state index contributed by atoms with van der Waals surface area (Å²) in [6.45, 7) is 3.87. The van der Waals surface area contributed by atoms with Gasteiger partial charge in [-0.3, -0.25) is 13.9 Å². The zero-order valence-corrected chi connectivity index (χ0v) is 15.0. The third-order valence-corrected chi connectivity index (χ3v) is 4.75. The molecule has 132 valence electrons. The third-order valence-electron chi connectivity index (χ3n) is 4.75. The number of imidazole rings is 2. The fraction of sp³-hybridized carbons (Fsp3) is 0.0952. The minimum atomic E-state index is -0.0758. The van der Waals surface area contributed by atoms with Crippen molar-refractivity contribution in [3.05, 3.63) is 82.5 Å². The van der Waals surface area contributed by atoms with E-state index in [-0.39, 0.29) is 5.43 Å². The summed E-state index contributed by atoms with van der Waals surface area (Å²) >= 11 is 0. The standard InChI is InChI=1S/C21H17N5O/c1-13-22-16-7-3-5-9-18(16)25(13)20-11-15(27)12-21(24-20)26-14(2)23-17-8-4-6-10-19(17)26/h3-12H,1-2H3,(H,24,27). The van der Waals surface area contributed by atoms with Gasteiger partial charge in [0.1, 0.15) is 23.3 Å². The number of nitrogens with zero attached hydrogens (tertiary/aromatic N) is 4. The maximum Gasteiger partial charge on any atom is 0.185 e. The first-order chi connectivity index (χ1) is 13.1. The van der Waals surface area contributed by atoms with Crippen LogP contribution in [0.25, 0.3) is 33.7 Å². The molecule has 0 atom stereocenters. The van der Waals surface area contributed by atoms with Crippen LogP contribution in [0, 0.1) is 13.8 Å². The quantitative estimate of drug-likeness (QED) is 0.525. The van der Waals surface area contributed by atoms with Crippen LogP contribution in [0.15, 0.2) is 65.5 Å². The zero-order valence-electron chi connectivity index (χ0n) is 15.0. The van der Waals surface area contributed by atoms with Gasteiger partial charge in [-0.1, -0.05) is 24.3 Å². The van der Waals surface area contributed by atoms with Crippen LogP contribution in [-0.2, 0) is 0 Å². The van der Waals surface area contributed by atoms with Crippen molar-refractivity contribution in [1.82, 2.24) is 24.1 Å². The maximum atomic E-state index is 12.5. The summed E-state index contributed by atoms with van der Waals surface area (Å²) in [5.74, 6) is 2.99. The van der Waals surface area contributed by atoms with E-state index < -0.39 is 0 Å². The lowest BCUT2D eigenvalue weighted by Crippen LogP contribution is -2.12. The van der Waals surface area contributed by atoms with Crippen LogP contribution < -0.4 is 5.43 Å². The highest BCUT2D eigenvalue weighted by Crippen LogP contribution is 2.22. The van der Waals surface area contributed by atoms with Gasteiger partial charge in [-0.15, -0.1) is 0 Å². The number of hydrogen-bond donors (Lipinski definition) is 1. The number of aromatic amines is 1. The average Bonchev–Trinajstić information content (AvgIpc) is 3.16. The first-order valence-corrected chi connectivity index (χ1v) is 8.75. The van der Waals surface area contributed by atoms with Gasteiger partial charge >= 0.3 is 0 Å². The molecule has 0 aliphatic carbocycles. The van der Waals surface area contributed by atoms with Crippen molar-refractivity contribution < 1.29 is 0 Å². The number of hydrogen-bond acceptors (Lipinski definition) is 3. The van der Waals surface area contributed by atoms with E-state index in [1.54, 1.807) is 12.1 Å². The van der Waals surface area contributed by atoms with E-state index in [1.807, 2.05) is 71.5 Å². The van der Waals surface area contributed by atoms with E-state index in [4.69, 9.17) is 0 Å². The van der Waals surface area contributed by atoms with Crippen molar-refractivity contribution in [3.63, 3.8) is 0 Å². The predicted molar refractivity (Wildman–Crippen MR) is 106 cm³/mol. The lowest BCUT2D eigenvalue weighted by Gasteiger charge is -2.12. The molecular weight excluding hydrogens is 338 g/mol. The molecular formula is C21H17N5O. The van der Waals surface area contributed by atoms with E-state index >= 15 is 0 Å². The van der Waals surface area contributed by atoms with Gasteiger partial charge in [0.25, 0.3) is 0 Å².